The van der Waals surface area contributed by atoms with E-state index < -0.39 is 10.0 Å². The molecule has 6 nitrogen and oxygen atoms in total. The zero-order valence-electron chi connectivity index (χ0n) is 14.3. The molecule has 0 bridgehead atoms. The van der Waals surface area contributed by atoms with E-state index in [2.05, 4.69) is 20.9 Å². The zero-order chi connectivity index (χ0) is 18.1. The van der Waals surface area contributed by atoms with E-state index in [9.17, 15) is 13.2 Å². The van der Waals surface area contributed by atoms with Gasteiger partial charge in [-0.3, -0.25) is 4.79 Å². The largest absolute Gasteiger partial charge is 0.352 e. The number of carbonyl (C=O) groups excluding carboxylic acids is 1. The molecule has 1 aliphatic heterocycles. The Morgan fingerprint density at radius 3 is 2.48 bits per heavy atom. The number of piperidine rings is 1. The second-order valence-electron chi connectivity index (χ2n) is 6.06. The number of hydrogen-bond donors (Lipinski definition) is 2. The number of carbonyl (C=O) groups is 1. The van der Waals surface area contributed by atoms with Crippen LogP contribution in [0.3, 0.4) is 0 Å². The summed E-state index contributed by atoms with van der Waals surface area (Å²) in [5.41, 5.74) is 0.439. The standard InChI is InChI=1S/C18H25N3O3S/c1-2-11-20-25(23,24)17-9-7-16(8-10-17)18(22)19-12-6-15-21-13-4-3-5-14-21/h1,7-10,20H,3-6,11-15H2,(H,19,22). The fourth-order valence-electron chi connectivity index (χ4n) is 2.80. The molecule has 1 fully saturated rings. The normalized spacial score (nSPS) is 15.5. The van der Waals surface area contributed by atoms with Crippen molar-refractivity contribution in [1.29, 1.82) is 0 Å². The van der Waals surface area contributed by atoms with Crippen molar-refractivity contribution >= 4 is 15.9 Å². The molecule has 1 amide bonds. The van der Waals surface area contributed by atoms with E-state index in [1.165, 1.54) is 43.5 Å². The van der Waals surface area contributed by atoms with Crippen LogP contribution in [0, 0.1) is 12.3 Å². The van der Waals surface area contributed by atoms with E-state index in [0.29, 0.717) is 12.1 Å². The van der Waals surface area contributed by atoms with Crippen LogP contribution >= 0.6 is 0 Å². The highest BCUT2D eigenvalue weighted by atomic mass is 32.2. The van der Waals surface area contributed by atoms with Gasteiger partial charge in [-0.05, 0) is 63.2 Å². The first-order chi connectivity index (χ1) is 12.0. The predicted octanol–water partition coefficient (Wildman–Crippen LogP) is 1.20. The van der Waals surface area contributed by atoms with Gasteiger partial charge in [0.05, 0.1) is 11.4 Å². The van der Waals surface area contributed by atoms with Crippen LogP contribution in [0.1, 0.15) is 36.0 Å². The van der Waals surface area contributed by atoms with Crippen molar-refractivity contribution in [2.24, 2.45) is 0 Å². The van der Waals surface area contributed by atoms with Crippen LogP contribution in [0.25, 0.3) is 0 Å². The summed E-state index contributed by atoms with van der Waals surface area (Å²) in [4.78, 5) is 14.6. The van der Waals surface area contributed by atoms with Gasteiger partial charge in [0.2, 0.25) is 10.0 Å². The second kappa shape index (κ2) is 9.56. The van der Waals surface area contributed by atoms with Gasteiger partial charge in [-0.15, -0.1) is 6.42 Å². The van der Waals surface area contributed by atoms with Crippen LogP contribution in [0.4, 0.5) is 0 Å². The monoisotopic (exact) mass is 363 g/mol. The molecular formula is C18H25N3O3S. The van der Waals surface area contributed by atoms with Gasteiger partial charge in [0.1, 0.15) is 0 Å². The van der Waals surface area contributed by atoms with E-state index in [1.54, 1.807) is 0 Å². The average Bonchev–Trinajstić information content (AvgIpc) is 2.64. The minimum atomic E-state index is -3.63. The Hall–Kier alpha value is -1.88. The van der Waals surface area contributed by atoms with Gasteiger partial charge in [0.15, 0.2) is 0 Å². The molecule has 0 atom stereocenters. The third-order valence-corrected chi connectivity index (χ3v) is 5.59. The van der Waals surface area contributed by atoms with Gasteiger partial charge in [0.25, 0.3) is 5.91 Å². The Kier molecular flexibility index (Phi) is 7.44. The van der Waals surface area contributed by atoms with Crippen LogP contribution in [0.2, 0.25) is 0 Å². The molecule has 0 saturated carbocycles. The first-order valence-corrected chi connectivity index (χ1v) is 10.0. The zero-order valence-corrected chi connectivity index (χ0v) is 15.1. The Morgan fingerprint density at radius 2 is 1.84 bits per heavy atom. The molecule has 1 saturated heterocycles. The lowest BCUT2D eigenvalue weighted by atomic mass is 10.1. The van der Waals surface area contributed by atoms with Gasteiger partial charge < -0.3 is 10.2 Å². The van der Waals surface area contributed by atoms with Crippen LogP contribution in [0.15, 0.2) is 29.2 Å². The van der Waals surface area contributed by atoms with Crippen molar-refractivity contribution in [1.82, 2.24) is 14.9 Å². The summed E-state index contributed by atoms with van der Waals surface area (Å²) in [7, 11) is -3.63. The first kappa shape index (κ1) is 19.4. The number of likely N-dealkylation sites (tertiary alicyclic amines) is 1. The van der Waals surface area contributed by atoms with Crippen molar-refractivity contribution in [2.45, 2.75) is 30.6 Å². The molecule has 136 valence electrons. The average molecular weight is 363 g/mol. The lowest BCUT2D eigenvalue weighted by Crippen LogP contribution is -2.33. The topological polar surface area (TPSA) is 78.5 Å². The smallest absolute Gasteiger partial charge is 0.251 e. The molecule has 0 unspecified atom stereocenters. The summed E-state index contributed by atoms with van der Waals surface area (Å²) in [5, 5.41) is 2.87. The first-order valence-electron chi connectivity index (χ1n) is 8.57. The van der Waals surface area contributed by atoms with Crippen LogP contribution in [0.5, 0.6) is 0 Å². The molecular weight excluding hydrogens is 338 g/mol. The van der Waals surface area contributed by atoms with Crippen molar-refractivity contribution in [2.75, 3.05) is 32.7 Å². The fraction of sp³-hybridized carbons (Fsp3) is 0.500. The Bertz CT molecular complexity index is 702. The second-order valence-corrected chi connectivity index (χ2v) is 7.83. The highest BCUT2D eigenvalue weighted by Gasteiger charge is 2.14. The van der Waals surface area contributed by atoms with E-state index in [-0.39, 0.29) is 17.3 Å². The summed E-state index contributed by atoms with van der Waals surface area (Å²) in [6, 6.07) is 5.82. The Balaban J connectivity index is 1.79. The van der Waals surface area contributed by atoms with E-state index in [1.807, 2.05) is 0 Å². The minimum absolute atomic E-state index is 0.0679. The Labute approximate surface area is 150 Å². The van der Waals surface area contributed by atoms with Gasteiger partial charge in [0, 0.05) is 12.1 Å². The lowest BCUT2D eigenvalue weighted by molar-refractivity contribution is 0.0951. The molecule has 0 spiro atoms. The number of terminal acetylenes is 1. The SMILES string of the molecule is C#CCNS(=O)(=O)c1ccc(C(=O)NCCCN2CCCCC2)cc1. The molecule has 1 aromatic rings. The summed E-state index contributed by atoms with van der Waals surface area (Å²) < 4.78 is 26.1. The number of hydrogen-bond acceptors (Lipinski definition) is 4. The highest BCUT2D eigenvalue weighted by molar-refractivity contribution is 7.89. The number of nitrogens with zero attached hydrogens (tertiary/aromatic N) is 1. The van der Waals surface area contributed by atoms with Gasteiger partial charge in [-0.2, -0.15) is 4.72 Å². The highest BCUT2D eigenvalue weighted by Crippen LogP contribution is 2.11. The molecule has 25 heavy (non-hydrogen) atoms. The Morgan fingerprint density at radius 1 is 1.16 bits per heavy atom. The number of nitrogens with one attached hydrogen (secondary N) is 2. The van der Waals surface area contributed by atoms with E-state index in [0.717, 1.165) is 26.1 Å². The number of rotatable bonds is 8. The van der Waals surface area contributed by atoms with Crippen LogP contribution < -0.4 is 10.0 Å². The fourth-order valence-corrected chi connectivity index (χ4v) is 3.73. The predicted molar refractivity (Wildman–Crippen MR) is 97.7 cm³/mol. The number of amides is 1. The van der Waals surface area contributed by atoms with Crippen molar-refractivity contribution in [3.05, 3.63) is 29.8 Å². The molecule has 0 radical (unpaired) electrons. The van der Waals surface area contributed by atoms with Crippen molar-refractivity contribution in [3.8, 4) is 12.3 Å². The van der Waals surface area contributed by atoms with Gasteiger partial charge >= 0.3 is 0 Å². The maximum atomic E-state index is 12.1. The number of sulfonamides is 1. The molecule has 1 aliphatic rings. The number of benzene rings is 1. The van der Waals surface area contributed by atoms with Crippen molar-refractivity contribution < 1.29 is 13.2 Å². The molecule has 2 rings (SSSR count). The van der Waals surface area contributed by atoms with Gasteiger partial charge in [-0.25, -0.2) is 8.42 Å². The van der Waals surface area contributed by atoms with E-state index >= 15 is 0 Å². The van der Waals surface area contributed by atoms with Gasteiger partial charge in [-0.1, -0.05) is 12.3 Å². The molecule has 0 aromatic heterocycles. The third kappa shape index (κ3) is 6.16. The van der Waals surface area contributed by atoms with Crippen molar-refractivity contribution in [3.63, 3.8) is 0 Å². The van der Waals surface area contributed by atoms with Crippen LogP contribution in [-0.4, -0.2) is 51.9 Å². The van der Waals surface area contributed by atoms with Crippen LogP contribution in [-0.2, 0) is 10.0 Å². The quantitative estimate of drug-likeness (QED) is 0.537. The summed E-state index contributed by atoms with van der Waals surface area (Å²) in [6.45, 7) is 3.84. The summed E-state index contributed by atoms with van der Waals surface area (Å²) >= 11 is 0. The summed E-state index contributed by atoms with van der Waals surface area (Å²) in [5.74, 6) is 2.02. The minimum Gasteiger partial charge on any atom is -0.352 e. The van der Waals surface area contributed by atoms with E-state index in [4.69, 9.17) is 6.42 Å². The summed E-state index contributed by atoms with van der Waals surface area (Å²) in [6.07, 6.45) is 9.80. The molecule has 0 aliphatic carbocycles. The molecule has 2 N–H and O–H groups in total. The molecule has 1 aromatic carbocycles. The third-order valence-electron chi connectivity index (χ3n) is 4.18. The lowest BCUT2D eigenvalue weighted by Gasteiger charge is -2.26. The molecule has 7 heteroatoms. The maximum absolute atomic E-state index is 12.1. The molecule has 1 heterocycles. The maximum Gasteiger partial charge on any atom is 0.251 e.